The molecule has 1 aromatic carbocycles. The zero-order valence-corrected chi connectivity index (χ0v) is 14.3. The predicted octanol–water partition coefficient (Wildman–Crippen LogP) is 3.23. The average Bonchev–Trinajstić information content (AvgIpc) is 2.50. The number of halogens is 2. The van der Waals surface area contributed by atoms with Crippen molar-refractivity contribution in [2.45, 2.75) is 32.4 Å². The Morgan fingerprint density at radius 1 is 1.38 bits per heavy atom. The highest BCUT2D eigenvalue weighted by Gasteiger charge is 2.27. The van der Waals surface area contributed by atoms with Gasteiger partial charge in [0.15, 0.2) is 0 Å². The third-order valence-electron chi connectivity index (χ3n) is 3.99. The van der Waals surface area contributed by atoms with Crippen molar-refractivity contribution in [3.05, 3.63) is 33.8 Å². The number of hydrogen-bond acceptors (Lipinski definition) is 3. The summed E-state index contributed by atoms with van der Waals surface area (Å²) in [4.78, 5) is 2.43. The Bertz CT molecular complexity index is 456. The van der Waals surface area contributed by atoms with Crippen LogP contribution in [0.1, 0.15) is 19.4 Å². The van der Waals surface area contributed by atoms with Crippen molar-refractivity contribution in [2.75, 3.05) is 32.8 Å². The van der Waals surface area contributed by atoms with E-state index in [0.29, 0.717) is 0 Å². The maximum Gasteiger partial charge on any atom is 0.0858 e. The van der Waals surface area contributed by atoms with Crippen molar-refractivity contribution in [3.63, 3.8) is 0 Å². The third kappa shape index (κ3) is 4.83. The first-order chi connectivity index (χ1) is 10.1. The summed E-state index contributed by atoms with van der Waals surface area (Å²) in [5.74, 6) is 0. The van der Waals surface area contributed by atoms with E-state index in [9.17, 15) is 0 Å². The molecule has 0 aromatic heterocycles. The van der Waals surface area contributed by atoms with Crippen molar-refractivity contribution >= 4 is 23.2 Å². The molecule has 21 heavy (non-hydrogen) atoms. The molecule has 0 saturated carbocycles. The minimum Gasteiger partial charge on any atom is -0.374 e. The molecule has 118 valence electrons. The summed E-state index contributed by atoms with van der Waals surface area (Å²) in [6.45, 7) is 9.07. The summed E-state index contributed by atoms with van der Waals surface area (Å²) in [5, 5.41) is 5.03. The topological polar surface area (TPSA) is 24.5 Å². The van der Waals surface area contributed by atoms with Crippen molar-refractivity contribution in [3.8, 4) is 0 Å². The summed E-state index contributed by atoms with van der Waals surface area (Å²) < 4.78 is 5.99. The number of benzene rings is 1. The molecule has 2 atom stereocenters. The number of nitrogens with zero attached hydrogens (tertiary/aromatic N) is 1. The maximum absolute atomic E-state index is 6.30. The number of ether oxygens (including phenoxy) is 1. The Morgan fingerprint density at radius 2 is 2.19 bits per heavy atom. The van der Waals surface area contributed by atoms with E-state index in [0.717, 1.165) is 54.8 Å². The Hall–Kier alpha value is -0.320. The molecule has 1 aliphatic heterocycles. The second kappa shape index (κ2) is 8.35. The van der Waals surface area contributed by atoms with Gasteiger partial charge in [-0.3, -0.25) is 4.90 Å². The first-order valence-corrected chi connectivity index (χ1v) is 8.40. The molecule has 0 radical (unpaired) electrons. The van der Waals surface area contributed by atoms with Crippen molar-refractivity contribution in [1.29, 1.82) is 0 Å². The highest BCUT2D eigenvalue weighted by Crippen LogP contribution is 2.23. The molecule has 2 unspecified atom stereocenters. The van der Waals surface area contributed by atoms with Crippen LogP contribution < -0.4 is 5.32 Å². The van der Waals surface area contributed by atoms with Gasteiger partial charge >= 0.3 is 0 Å². The largest absolute Gasteiger partial charge is 0.374 e. The van der Waals surface area contributed by atoms with Crippen LogP contribution in [0.2, 0.25) is 10.0 Å². The fourth-order valence-electron chi connectivity index (χ4n) is 2.80. The lowest BCUT2D eigenvalue weighted by molar-refractivity contribution is -0.0445. The molecule has 0 amide bonds. The van der Waals surface area contributed by atoms with Gasteiger partial charge in [0.2, 0.25) is 0 Å². The van der Waals surface area contributed by atoms with Crippen molar-refractivity contribution in [1.82, 2.24) is 10.2 Å². The van der Waals surface area contributed by atoms with Crippen LogP contribution in [0, 0.1) is 0 Å². The Balaban J connectivity index is 2.09. The molecule has 1 fully saturated rings. The first-order valence-electron chi connectivity index (χ1n) is 7.65. The molecule has 2 rings (SSSR count). The Morgan fingerprint density at radius 3 is 2.90 bits per heavy atom. The number of hydrogen-bond donors (Lipinski definition) is 1. The van der Waals surface area contributed by atoms with Gasteiger partial charge in [-0.1, -0.05) is 37.0 Å². The zero-order chi connectivity index (χ0) is 15.2. The monoisotopic (exact) mass is 330 g/mol. The highest BCUT2D eigenvalue weighted by atomic mass is 35.5. The number of morpholine rings is 1. The van der Waals surface area contributed by atoms with E-state index >= 15 is 0 Å². The molecule has 0 aliphatic carbocycles. The molecule has 1 saturated heterocycles. The van der Waals surface area contributed by atoms with E-state index < -0.39 is 0 Å². The molecule has 1 heterocycles. The minimum atomic E-state index is 0.189. The van der Waals surface area contributed by atoms with Gasteiger partial charge in [-0.2, -0.15) is 0 Å². The van der Waals surface area contributed by atoms with E-state index in [4.69, 9.17) is 27.9 Å². The molecule has 1 aromatic rings. The summed E-state index contributed by atoms with van der Waals surface area (Å²) in [6, 6.07) is 5.89. The van der Waals surface area contributed by atoms with E-state index in [1.54, 1.807) is 0 Å². The smallest absolute Gasteiger partial charge is 0.0858 e. The molecular weight excluding hydrogens is 307 g/mol. The van der Waals surface area contributed by atoms with Gasteiger partial charge in [0.05, 0.1) is 12.7 Å². The van der Waals surface area contributed by atoms with Crippen LogP contribution in [0.5, 0.6) is 0 Å². The van der Waals surface area contributed by atoms with E-state index in [2.05, 4.69) is 24.1 Å². The summed E-state index contributed by atoms with van der Waals surface area (Å²) in [5.41, 5.74) is 1.08. The summed E-state index contributed by atoms with van der Waals surface area (Å²) in [7, 11) is 0. The van der Waals surface area contributed by atoms with Crippen LogP contribution in [0.25, 0.3) is 0 Å². The van der Waals surface area contributed by atoms with E-state index in [1.165, 1.54) is 0 Å². The fraction of sp³-hybridized carbons (Fsp3) is 0.625. The van der Waals surface area contributed by atoms with Gasteiger partial charge in [-0.25, -0.2) is 0 Å². The number of likely N-dealkylation sites (N-methyl/N-ethyl adjacent to an activating group) is 2. The normalized spacial score (nSPS) is 21.4. The van der Waals surface area contributed by atoms with Crippen molar-refractivity contribution < 1.29 is 4.74 Å². The molecule has 0 spiro atoms. The number of rotatable bonds is 6. The van der Waals surface area contributed by atoms with Gasteiger partial charge in [0.1, 0.15) is 0 Å². The van der Waals surface area contributed by atoms with Gasteiger partial charge < -0.3 is 10.1 Å². The molecule has 5 heteroatoms. The van der Waals surface area contributed by atoms with Crippen LogP contribution in [0.15, 0.2) is 18.2 Å². The molecule has 0 bridgehead atoms. The average molecular weight is 331 g/mol. The van der Waals surface area contributed by atoms with Crippen LogP contribution >= 0.6 is 23.2 Å². The molecular formula is C16H24Cl2N2O. The number of nitrogens with one attached hydrogen (secondary N) is 1. The highest BCUT2D eigenvalue weighted by molar-refractivity contribution is 6.33. The molecule has 1 N–H and O–H groups in total. The summed E-state index contributed by atoms with van der Waals surface area (Å²) in [6.07, 6.45) is 1.02. The minimum absolute atomic E-state index is 0.189. The zero-order valence-electron chi connectivity index (χ0n) is 12.7. The standard InChI is InChI=1S/C16H24Cl2N2O/c1-3-19-15(16-11-20(4-2)7-8-21-16)10-12-9-13(17)5-6-14(12)18/h5-6,9,15-16,19H,3-4,7-8,10-11H2,1-2H3. The maximum atomic E-state index is 6.30. The van der Waals surface area contributed by atoms with E-state index in [-0.39, 0.29) is 12.1 Å². The second-order valence-corrected chi connectivity index (χ2v) is 6.25. The quantitative estimate of drug-likeness (QED) is 0.866. The Labute approximate surface area is 137 Å². The fourth-order valence-corrected chi connectivity index (χ4v) is 3.19. The molecule has 3 nitrogen and oxygen atoms in total. The van der Waals surface area contributed by atoms with Crippen molar-refractivity contribution in [2.24, 2.45) is 0 Å². The predicted molar refractivity (Wildman–Crippen MR) is 89.5 cm³/mol. The van der Waals surface area contributed by atoms with Gasteiger partial charge in [0, 0.05) is 29.2 Å². The lowest BCUT2D eigenvalue weighted by Crippen LogP contribution is -2.53. The SMILES string of the molecule is CCNC(Cc1cc(Cl)ccc1Cl)C1CN(CC)CCO1. The first kappa shape index (κ1) is 17.0. The van der Waals surface area contributed by atoms with Gasteiger partial charge in [-0.15, -0.1) is 0 Å². The second-order valence-electron chi connectivity index (χ2n) is 5.41. The van der Waals surface area contributed by atoms with E-state index in [1.807, 2.05) is 18.2 Å². The lowest BCUT2D eigenvalue weighted by Gasteiger charge is -2.37. The van der Waals surface area contributed by atoms with Crippen LogP contribution in [0.4, 0.5) is 0 Å². The Kier molecular flexibility index (Phi) is 6.77. The van der Waals surface area contributed by atoms with Crippen LogP contribution in [-0.2, 0) is 11.2 Å². The van der Waals surface area contributed by atoms with Gasteiger partial charge in [-0.05, 0) is 43.3 Å². The van der Waals surface area contributed by atoms with Crippen LogP contribution in [0.3, 0.4) is 0 Å². The lowest BCUT2D eigenvalue weighted by atomic mass is 9.99. The third-order valence-corrected chi connectivity index (χ3v) is 4.59. The van der Waals surface area contributed by atoms with Gasteiger partial charge in [0.25, 0.3) is 0 Å². The molecule has 1 aliphatic rings. The summed E-state index contributed by atoms with van der Waals surface area (Å²) >= 11 is 12.4. The van der Waals surface area contributed by atoms with Crippen LogP contribution in [-0.4, -0.2) is 49.8 Å².